The summed E-state index contributed by atoms with van der Waals surface area (Å²) < 4.78 is 4.83. The Bertz CT molecular complexity index is 647. The van der Waals surface area contributed by atoms with Crippen molar-refractivity contribution in [1.82, 2.24) is 5.32 Å². The zero-order valence-electron chi connectivity index (χ0n) is 13.8. The Balaban J connectivity index is 2.21. The summed E-state index contributed by atoms with van der Waals surface area (Å²) in [6, 6.07) is 4.28. The lowest BCUT2D eigenvalue weighted by Gasteiger charge is -2.32. The summed E-state index contributed by atoms with van der Waals surface area (Å²) in [5.74, 6) is -0.743. The molecule has 1 N–H and O–H groups in total. The number of esters is 1. The van der Waals surface area contributed by atoms with Crippen LogP contribution in [0.5, 0.6) is 0 Å². The second-order valence-electron chi connectivity index (χ2n) is 5.90. The number of benzene rings is 1. The summed E-state index contributed by atoms with van der Waals surface area (Å²) in [5.41, 5.74) is 0.437. The minimum atomic E-state index is -0.764. The van der Waals surface area contributed by atoms with E-state index in [-0.39, 0.29) is 11.3 Å². The number of nitrogens with zero attached hydrogens (tertiary/aromatic N) is 2. The van der Waals surface area contributed by atoms with Crippen molar-refractivity contribution in [3.05, 3.63) is 33.9 Å². The maximum Gasteiger partial charge on any atom is 0.338 e. The molecule has 24 heavy (non-hydrogen) atoms. The second kappa shape index (κ2) is 7.76. The van der Waals surface area contributed by atoms with Crippen LogP contribution in [-0.4, -0.2) is 43.5 Å². The molecule has 0 aliphatic carbocycles. The third kappa shape index (κ3) is 4.21. The number of anilines is 1. The summed E-state index contributed by atoms with van der Waals surface area (Å²) in [6.45, 7) is 3.20. The Morgan fingerprint density at radius 1 is 1.46 bits per heavy atom. The quantitative estimate of drug-likeness (QED) is 0.499. The standard InChI is InChI=1S/C16H21N3O5/c1-11-4-3-7-18(9-11)13-6-5-12(8-14(13)19(22)23)16(21)24-10-15(20)17-2/h5-6,8,11H,3-4,7,9-10H2,1-2H3,(H,17,20)/t11-/m0/s1. The highest BCUT2D eigenvalue weighted by molar-refractivity contribution is 5.93. The van der Waals surface area contributed by atoms with Gasteiger partial charge in [-0.2, -0.15) is 0 Å². The van der Waals surface area contributed by atoms with E-state index in [4.69, 9.17) is 4.74 Å². The summed E-state index contributed by atoms with van der Waals surface area (Å²) >= 11 is 0. The van der Waals surface area contributed by atoms with Gasteiger partial charge < -0.3 is 15.0 Å². The number of hydrogen-bond acceptors (Lipinski definition) is 6. The normalized spacial score (nSPS) is 17.2. The molecule has 1 fully saturated rings. The van der Waals surface area contributed by atoms with Crippen molar-refractivity contribution in [3.8, 4) is 0 Å². The van der Waals surface area contributed by atoms with Gasteiger partial charge in [-0.25, -0.2) is 4.79 Å². The fourth-order valence-corrected chi connectivity index (χ4v) is 2.76. The molecule has 1 aliphatic heterocycles. The number of ether oxygens (including phenoxy) is 1. The van der Waals surface area contributed by atoms with Crippen molar-refractivity contribution in [3.63, 3.8) is 0 Å². The third-order valence-corrected chi connectivity index (χ3v) is 4.02. The zero-order valence-corrected chi connectivity index (χ0v) is 13.8. The molecule has 0 spiro atoms. The van der Waals surface area contributed by atoms with E-state index >= 15 is 0 Å². The number of nitrogens with one attached hydrogen (secondary N) is 1. The molecular weight excluding hydrogens is 314 g/mol. The molecule has 0 saturated carbocycles. The number of hydrogen-bond donors (Lipinski definition) is 1. The maximum atomic E-state index is 11.9. The first-order chi connectivity index (χ1) is 11.4. The highest BCUT2D eigenvalue weighted by Gasteiger charge is 2.25. The molecule has 1 aromatic rings. The van der Waals surface area contributed by atoms with E-state index in [0.717, 1.165) is 25.9 Å². The number of amides is 1. The summed E-state index contributed by atoms with van der Waals surface area (Å²) in [6.07, 6.45) is 2.09. The van der Waals surface area contributed by atoms with Gasteiger partial charge in [0.2, 0.25) is 0 Å². The molecule has 1 aromatic carbocycles. The number of nitro benzene ring substituents is 1. The van der Waals surface area contributed by atoms with Crippen LogP contribution in [0, 0.1) is 16.0 Å². The lowest BCUT2D eigenvalue weighted by atomic mass is 9.99. The SMILES string of the molecule is CNC(=O)COC(=O)c1ccc(N2CCC[C@H](C)C2)c([N+](=O)[O-])c1. The van der Waals surface area contributed by atoms with E-state index in [1.807, 2.05) is 4.90 Å². The average molecular weight is 335 g/mol. The average Bonchev–Trinajstić information content (AvgIpc) is 2.58. The molecule has 0 radical (unpaired) electrons. The summed E-state index contributed by atoms with van der Waals surface area (Å²) in [4.78, 5) is 35.9. The van der Waals surface area contributed by atoms with Gasteiger partial charge in [-0.15, -0.1) is 0 Å². The van der Waals surface area contributed by atoms with Gasteiger partial charge in [0.15, 0.2) is 6.61 Å². The van der Waals surface area contributed by atoms with Gasteiger partial charge in [-0.3, -0.25) is 14.9 Å². The van der Waals surface area contributed by atoms with Crippen LogP contribution in [0.1, 0.15) is 30.1 Å². The summed E-state index contributed by atoms with van der Waals surface area (Å²) in [5, 5.41) is 13.7. The van der Waals surface area contributed by atoms with E-state index in [1.54, 1.807) is 6.07 Å². The minimum absolute atomic E-state index is 0.0550. The van der Waals surface area contributed by atoms with Crippen molar-refractivity contribution < 1.29 is 19.2 Å². The first kappa shape index (κ1) is 17.7. The molecule has 1 amide bonds. The van der Waals surface area contributed by atoms with Gasteiger partial charge in [0, 0.05) is 26.2 Å². The number of carbonyl (C=O) groups is 2. The van der Waals surface area contributed by atoms with Gasteiger partial charge >= 0.3 is 5.97 Å². The van der Waals surface area contributed by atoms with Gasteiger partial charge in [0.05, 0.1) is 10.5 Å². The molecule has 130 valence electrons. The highest BCUT2D eigenvalue weighted by Crippen LogP contribution is 2.32. The smallest absolute Gasteiger partial charge is 0.338 e. The lowest BCUT2D eigenvalue weighted by Crippen LogP contribution is -2.34. The van der Waals surface area contributed by atoms with Crippen LogP contribution in [0.2, 0.25) is 0 Å². The maximum absolute atomic E-state index is 11.9. The first-order valence-corrected chi connectivity index (χ1v) is 7.83. The predicted octanol–water partition coefficient (Wildman–Crippen LogP) is 1.73. The van der Waals surface area contributed by atoms with Crippen LogP contribution < -0.4 is 10.2 Å². The molecule has 1 atom stereocenters. The van der Waals surface area contributed by atoms with E-state index in [0.29, 0.717) is 11.6 Å². The number of nitro groups is 1. The van der Waals surface area contributed by atoms with Gasteiger partial charge in [-0.05, 0) is 30.9 Å². The van der Waals surface area contributed by atoms with E-state index in [1.165, 1.54) is 19.2 Å². The van der Waals surface area contributed by atoms with E-state index in [2.05, 4.69) is 12.2 Å². The largest absolute Gasteiger partial charge is 0.452 e. The van der Waals surface area contributed by atoms with Gasteiger partial charge in [0.1, 0.15) is 5.69 Å². The zero-order chi connectivity index (χ0) is 17.7. The van der Waals surface area contributed by atoms with Crippen LogP contribution in [0.15, 0.2) is 18.2 Å². The van der Waals surface area contributed by atoms with Crippen LogP contribution in [0.3, 0.4) is 0 Å². The Morgan fingerprint density at radius 3 is 2.83 bits per heavy atom. The number of rotatable bonds is 5. The lowest BCUT2D eigenvalue weighted by molar-refractivity contribution is -0.384. The Kier molecular flexibility index (Phi) is 5.73. The predicted molar refractivity (Wildman–Crippen MR) is 88.1 cm³/mol. The highest BCUT2D eigenvalue weighted by atomic mass is 16.6. The van der Waals surface area contributed by atoms with E-state index in [9.17, 15) is 19.7 Å². The molecule has 1 heterocycles. The Hall–Kier alpha value is -2.64. The topological polar surface area (TPSA) is 102 Å². The number of carbonyl (C=O) groups excluding carboxylic acids is 2. The number of piperidine rings is 1. The first-order valence-electron chi connectivity index (χ1n) is 7.83. The fourth-order valence-electron chi connectivity index (χ4n) is 2.76. The summed E-state index contributed by atoms with van der Waals surface area (Å²) in [7, 11) is 1.43. The molecule has 2 rings (SSSR count). The van der Waals surface area contributed by atoms with Crippen molar-refractivity contribution in [2.24, 2.45) is 5.92 Å². The van der Waals surface area contributed by atoms with Gasteiger partial charge in [0.25, 0.3) is 11.6 Å². The second-order valence-corrected chi connectivity index (χ2v) is 5.90. The van der Waals surface area contributed by atoms with Gasteiger partial charge in [-0.1, -0.05) is 6.92 Å². The fraction of sp³-hybridized carbons (Fsp3) is 0.500. The Morgan fingerprint density at radius 2 is 2.21 bits per heavy atom. The molecule has 0 aromatic heterocycles. The van der Waals surface area contributed by atoms with Crippen LogP contribution >= 0.6 is 0 Å². The monoisotopic (exact) mass is 335 g/mol. The molecule has 1 aliphatic rings. The van der Waals surface area contributed by atoms with Crippen molar-refractivity contribution in [1.29, 1.82) is 0 Å². The van der Waals surface area contributed by atoms with Crippen LogP contribution in [0.4, 0.5) is 11.4 Å². The molecule has 1 saturated heterocycles. The van der Waals surface area contributed by atoms with Crippen molar-refractivity contribution in [2.45, 2.75) is 19.8 Å². The Labute approximate surface area is 139 Å². The minimum Gasteiger partial charge on any atom is -0.452 e. The number of likely N-dealkylation sites (N-methyl/N-ethyl adjacent to an activating group) is 1. The molecule has 0 bridgehead atoms. The molecular formula is C16H21N3O5. The molecule has 8 heteroatoms. The van der Waals surface area contributed by atoms with Crippen LogP contribution in [-0.2, 0) is 9.53 Å². The van der Waals surface area contributed by atoms with Crippen molar-refractivity contribution in [2.75, 3.05) is 31.6 Å². The van der Waals surface area contributed by atoms with Crippen molar-refractivity contribution >= 4 is 23.3 Å². The van der Waals surface area contributed by atoms with E-state index < -0.39 is 23.4 Å². The third-order valence-electron chi connectivity index (χ3n) is 4.02. The molecule has 8 nitrogen and oxygen atoms in total. The molecule has 0 unspecified atom stereocenters. The van der Waals surface area contributed by atoms with Crippen LogP contribution in [0.25, 0.3) is 0 Å².